The number of rotatable bonds is 13. The zero-order chi connectivity index (χ0) is 46.2. The first-order valence-electron chi connectivity index (χ1n) is 23.9. The van der Waals surface area contributed by atoms with Crippen molar-refractivity contribution < 1.29 is 94.4 Å². The first-order chi connectivity index (χ1) is 30.3. The van der Waals surface area contributed by atoms with Gasteiger partial charge in [0.2, 0.25) is 0 Å². The summed E-state index contributed by atoms with van der Waals surface area (Å²) in [6.07, 6.45) is -13.7. The minimum absolute atomic E-state index is 0.00000712. The molecule has 8 rings (SSSR count). The predicted molar refractivity (Wildman–Crippen MR) is 219 cm³/mol. The Morgan fingerprint density at radius 1 is 0.625 bits per heavy atom. The van der Waals surface area contributed by atoms with E-state index < -0.39 is 118 Å². The van der Waals surface area contributed by atoms with Crippen molar-refractivity contribution in [3.63, 3.8) is 0 Å². The van der Waals surface area contributed by atoms with Crippen molar-refractivity contribution in [3.8, 4) is 0 Å². The fourth-order valence-electron chi connectivity index (χ4n) is 14.2. The summed E-state index contributed by atoms with van der Waals surface area (Å²) in [7, 11) is 0. The lowest BCUT2D eigenvalue weighted by Gasteiger charge is -2.61. The Balaban J connectivity index is 0.869. The summed E-state index contributed by atoms with van der Waals surface area (Å²) >= 11 is 0. The van der Waals surface area contributed by atoms with Crippen molar-refractivity contribution in [1.82, 2.24) is 0 Å². The van der Waals surface area contributed by atoms with E-state index in [9.17, 15) is 61.3 Å². The van der Waals surface area contributed by atoms with Crippen LogP contribution in [-0.2, 0) is 33.2 Å². The monoisotopic (exact) mass is 920 g/mol. The van der Waals surface area contributed by atoms with E-state index in [1.54, 1.807) is 0 Å². The first kappa shape index (κ1) is 49.7. The molecule has 0 spiro atoms. The van der Waals surface area contributed by atoms with Crippen molar-refractivity contribution in [2.24, 2.45) is 52.3 Å². The van der Waals surface area contributed by atoms with Gasteiger partial charge in [-0.2, -0.15) is 0 Å². The normalized spacial score (nSPS) is 55.6. The maximum atomic E-state index is 12.1. The van der Waals surface area contributed by atoms with Crippen molar-refractivity contribution in [3.05, 3.63) is 0 Å². The van der Waals surface area contributed by atoms with E-state index in [1.165, 1.54) is 0 Å². The maximum absolute atomic E-state index is 12.1. The highest BCUT2D eigenvalue weighted by Gasteiger charge is 2.68. The molecule has 64 heavy (non-hydrogen) atoms. The second-order valence-corrected chi connectivity index (χ2v) is 21.5. The van der Waals surface area contributed by atoms with Gasteiger partial charge in [0.05, 0.1) is 38.6 Å². The van der Waals surface area contributed by atoms with Crippen LogP contribution in [0.2, 0.25) is 0 Å². The molecule has 0 aromatic rings. The molecule has 4 saturated heterocycles. The van der Waals surface area contributed by atoms with Gasteiger partial charge in [-0.3, -0.25) is 0 Å². The highest BCUT2D eigenvalue weighted by molar-refractivity contribution is 5.15. The minimum atomic E-state index is -1.75. The van der Waals surface area contributed by atoms with Gasteiger partial charge in [0.25, 0.3) is 0 Å². The Kier molecular flexibility index (Phi) is 14.9. The van der Waals surface area contributed by atoms with Crippen molar-refractivity contribution >= 4 is 0 Å². The van der Waals surface area contributed by atoms with Gasteiger partial charge in [0.1, 0.15) is 73.2 Å². The van der Waals surface area contributed by atoms with Gasteiger partial charge in [0.15, 0.2) is 24.7 Å². The van der Waals surface area contributed by atoms with Crippen LogP contribution in [0.3, 0.4) is 0 Å². The van der Waals surface area contributed by atoms with Gasteiger partial charge >= 0.3 is 0 Å². The average molecular weight is 921 g/mol. The molecular formula is C45H76O19. The molecule has 19 nitrogen and oxygen atoms in total. The van der Waals surface area contributed by atoms with Crippen molar-refractivity contribution in [1.29, 1.82) is 0 Å². The lowest BCUT2D eigenvalue weighted by Crippen LogP contribution is -2.65. The molecule has 4 heterocycles. The zero-order valence-corrected chi connectivity index (χ0v) is 37.5. The maximum Gasteiger partial charge on any atom is 0.187 e. The molecule has 370 valence electrons. The van der Waals surface area contributed by atoms with Crippen LogP contribution in [0.5, 0.6) is 0 Å². The summed E-state index contributed by atoms with van der Waals surface area (Å²) in [5.74, 6) is 0.532. The molecule has 4 saturated carbocycles. The number of fused-ring (bicyclic) bond motifs is 7. The van der Waals surface area contributed by atoms with Gasteiger partial charge in [-0.05, 0) is 104 Å². The summed E-state index contributed by atoms with van der Waals surface area (Å²) in [5, 5.41) is 125. The van der Waals surface area contributed by atoms with Crippen LogP contribution in [0.1, 0.15) is 91.9 Å². The third-order valence-electron chi connectivity index (χ3n) is 18.0. The standard InChI is InChI=1S/C45H76O19/c1-19(18-58-40-37(55)34(52)31(49)27(15-46)60-40)7-12-45(57)20(2)30-26(64-45)14-25-23-6-5-21-13-22(8-10-43(21,3)24(23)9-11-44(25,30)4)59-42-39(36(54)33(51)29(17-48)62-42)63-41-38(56)35(53)32(50)28(16-47)61-41/h19-42,46-57H,5-18H2,1-4H3/t19-,20-,21+,22-,23+,24-,25-,26-,27+,28+,29+,30-,31+,32+,33-,34-,35-,36-,37+,38+,39+,40+,41-,42+,43-,44-,45-/m0/s1. The summed E-state index contributed by atoms with van der Waals surface area (Å²) in [5.41, 5.74) is 0.0475. The molecule has 12 N–H and O–H groups in total. The first-order valence-corrected chi connectivity index (χ1v) is 23.9. The van der Waals surface area contributed by atoms with E-state index in [-0.39, 0.29) is 47.4 Å². The Hall–Kier alpha value is -0.760. The van der Waals surface area contributed by atoms with Gasteiger partial charge in [-0.15, -0.1) is 0 Å². The molecule has 4 aliphatic heterocycles. The second kappa shape index (κ2) is 19.2. The summed E-state index contributed by atoms with van der Waals surface area (Å²) in [6, 6.07) is 0. The Morgan fingerprint density at radius 3 is 1.84 bits per heavy atom. The minimum Gasteiger partial charge on any atom is -0.394 e. The average Bonchev–Trinajstić information content (AvgIpc) is 3.71. The number of hydrogen-bond donors (Lipinski definition) is 12. The third-order valence-corrected chi connectivity index (χ3v) is 18.0. The van der Waals surface area contributed by atoms with Crippen LogP contribution in [0, 0.1) is 52.3 Å². The van der Waals surface area contributed by atoms with Crippen LogP contribution in [-0.4, -0.2) is 198 Å². The Morgan fingerprint density at radius 2 is 1.20 bits per heavy atom. The molecule has 0 unspecified atom stereocenters. The van der Waals surface area contributed by atoms with Gasteiger partial charge in [-0.25, -0.2) is 0 Å². The summed E-state index contributed by atoms with van der Waals surface area (Å²) in [4.78, 5) is 0. The molecule has 0 radical (unpaired) electrons. The fraction of sp³-hybridized carbons (Fsp3) is 1.00. The van der Waals surface area contributed by atoms with Gasteiger partial charge in [0, 0.05) is 12.3 Å². The molecule has 19 heteroatoms. The zero-order valence-electron chi connectivity index (χ0n) is 37.5. The molecule has 8 fully saturated rings. The number of aliphatic hydroxyl groups is 12. The smallest absolute Gasteiger partial charge is 0.187 e. The molecule has 0 bridgehead atoms. The molecule has 0 aromatic heterocycles. The van der Waals surface area contributed by atoms with Crippen LogP contribution in [0.4, 0.5) is 0 Å². The topological polar surface area (TPSA) is 307 Å². The van der Waals surface area contributed by atoms with Crippen LogP contribution in [0.25, 0.3) is 0 Å². The van der Waals surface area contributed by atoms with E-state index in [2.05, 4.69) is 20.8 Å². The number of aliphatic hydroxyl groups excluding tert-OH is 11. The number of hydrogen-bond acceptors (Lipinski definition) is 19. The number of ether oxygens (including phenoxy) is 7. The largest absolute Gasteiger partial charge is 0.394 e. The fourth-order valence-corrected chi connectivity index (χ4v) is 14.2. The molecule has 0 aromatic carbocycles. The van der Waals surface area contributed by atoms with Crippen LogP contribution >= 0.6 is 0 Å². The second-order valence-electron chi connectivity index (χ2n) is 21.5. The summed E-state index contributed by atoms with van der Waals surface area (Å²) in [6.45, 7) is 7.28. The summed E-state index contributed by atoms with van der Waals surface area (Å²) < 4.78 is 42.0. The lowest BCUT2D eigenvalue weighted by atomic mass is 9.44. The molecule has 8 aliphatic rings. The molecular weight excluding hydrogens is 844 g/mol. The molecule has 27 atom stereocenters. The Labute approximate surface area is 374 Å². The van der Waals surface area contributed by atoms with E-state index in [4.69, 9.17) is 33.2 Å². The Bertz CT molecular complexity index is 1560. The van der Waals surface area contributed by atoms with Crippen LogP contribution in [0.15, 0.2) is 0 Å². The van der Waals surface area contributed by atoms with E-state index in [1.807, 2.05) is 6.92 Å². The third kappa shape index (κ3) is 8.65. The van der Waals surface area contributed by atoms with Crippen molar-refractivity contribution in [2.45, 2.75) is 202 Å². The van der Waals surface area contributed by atoms with Gasteiger partial charge in [-0.1, -0.05) is 27.7 Å². The SMILES string of the molecule is C[C@@H](CC[C@]1(O)O[C@H]2C[C@H]3[C@@H]4CC[C@@H]5C[C@@H](O[C@@H]6O[C@H](CO)[C@H](O)[C@H](O)[C@H]6O[C@@H]6O[C@H](CO)[C@@H](O)[C@H](O)[C@H]6O)CC[C@]5(C)[C@H]4CC[C@]3(C)[C@H]2[C@@H]1C)CO[C@@H]1O[C@H](CO)[C@@H](O)[C@H](O)[C@H]1O. The van der Waals surface area contributed by atoms with E-state index >= 15 is 0 Å². The highest BCUT2D eigenvalue weighted by Crippen LogP contribution is 2.71. The lowest BCUT2D eigenvalue weighted by molar-refractivity contribution is -0.373. The van der Waals surface area contributed by atoms with Crippen LogP contribution < -0.4 is 0 Å². The highest BCUT2D eigenvalue weighted by atomic mass is 16.8. The van der Waals surface area contributed by atoms with Gasteiger partial charge < -0.3 is 94.4 Å². The molecule has 0 amide bonds. The van der Waals surface area contributed by atoms with E-state index in [0.717, 1.165) is 44.9 Å². The van der Waals surface area contributed by atoms with E-state index in [0.29, 0.717) is 42.9 Å². The van der Waals surface area contributed by atoms with Crippen molar-refractivity contribution in [2.75, 3.05) is 26.4 Å². The predicted octanol–water partition coefficient (Wildman–Crippen LogP) is -1.78. The molecule has 4 aliphatic carbocycles. The quantitative estimate of drug-likeness (QED) is 0.0909.